The summed E-state index contributed by atoms with van der Waals surface area (Å²) in [6, 6.07) is 6.00. The van der Waals surface area contributed by atoms with Crippen molar-refractivity contribution in [2.45, 2.75) is 33.4 Å². The van der Waals surface area contributed by atoms with Crippen molar-refractivity contribution in [2.75, 3.05) is 20.1 Å². The Morgan fingerprint density at radius 3 is 2.25 bits per heavy atom. The van der Waals surface area contributed by atoms with Crippen LogP contribution < -0.4 is 4.74 Å². The number of halogens is 2. The molecular weight excluding hydrogens is 338 g/mol. The molecule has 0 aromatic heterocycles. The third kappa shape index (κ3) is 4.87. The molecule has 1 aliphatic heterocycles. The van der Waals surface area contributed by atoms with Gasteiger partial charge in [-0.05, 0) is 36.0 Å². The molecular formula is C16H24F2N2O3S. The molecule has 1 aromatic rings. The topological polar surface area (TPSA) is 49.9 Å². The number of alkyl halides is 2. The predicted molar refractivity (Wildman–Crippen MR) is 88.0 cm³/mol. The van der Waals surface area contributed by atoms with E-state index in [1.165, 1.54) is 27.8 Å². The van der Waals surface area contributed by atoms with Crippen LogP contribution in [0.25, 0.3) is 0 Å². The van der Waals surface area contributed by atoms with Crippen LogP contribution in [-0.4, -0.2) is 43.8 Å². The standard InChI is InChI=1S/C16H24F2N2O3S/c1-12-8-13(2)10-20(9-12)24(21,22)19(3)11-14-4-6-15(7-5-14)23-16(17)18/h4-7,12-13,16H,8-11H2,1-3H3. The Hall–Kier alpha value is -1.25. The summed E-state index contributed by atoms with van der Waals surface area (Å²) in [5.41, 5.74) is 0.709. The van der Waals surface area contributed by atoms with Crippen LogP contribution in [0.2, 0.25) is 0 Å². The van der Waals surface area contributed by atoms with Crippen molar-refractivity contribution in [3.05, 3.63) is 29.8 Å². The van der Waals surface area contributed by atoms with Gasteiger partial charge in [-0.25, -0.2) is 0 Å². The first-order valence-corrected chi connectivity index (χ1v) is 9.33. The lowest BCUT2D eigenvalue weighted by molar-refractivity contribution is -0.0498. The minimum Gasteiger partial charge on any atom is -0.435 e. The van der Waals surface area contributed by atoms with Gasteiger partial charge in [-0.15, -0.1) is 0 Å². The van der Waals surface area contributed by atoms with E-state index >= 15 is 0 Å². The van der Waals surface area contributed by atoms with Crippen molar-refractivity contribution in [1.29, 1.82) is 0 Å². The molecule has 1 aromatic carbocycles. The van der Waals surface area contributed by atoms with Crippen LogP contribution in [0.15, 0.2) is 24.3 Å². The van der Waals surface area contributed by atoms with Crippen molar-refractivity contribution in [1.82, 2.24) is 8.61 Å². The van der Waals surface area contributed by atoms with Gasteiger partial charge in [0.2, 0.25) is 0 Å². The fourth-order valence-electron chi connectivity index (χ4n) is 3.11. The first-order chi connectivity index (χ1) is 11.2. The van der Waals surface area contributed by atoms with Gasteiger partial charge >= 0.3 is 6.61 Å². The van der Waals surface area contributed by atoms with Gasteiger partial charge < -0.3 is 4.74 Å². The number of ether oxygens (including phenoxy) is 1. The van der Waals surface area contributed by atoms with Crippen LogP contribution in [0.5, 0.6) is 5.75 Å². The summed E-state index contributed by atoms with van der Waals surface area (Å²) in [4.78, 5) is 0. The Kier molecular flexibility index (Phi) is 6.17. The van der Waals surface area contributed by atoms with Gasteiger partial charge in [0.15, 0.2) is 0 Å². The molecule has 5 nitrogen and oxygen atoms in total. The van der Waals surface area contributed by atoms with Gasteiger partial charge in [-0.1, -0.05) is 26.0 Å². The lowest BCUT2D eigenvalue weighted by Crippen LogP contribution is -2.48. The number of benzene rings is 1. The van der Waals surface area contributed by atoms with Gasteiger partial charge in [-0.2, -0.15) is 25.8 Å². The Labute approximate surface area is 142 Å². The van der Waals surface area contributed by atoms with E-state index in [9.17, 15) is 17.2 Å². The van der Waals surface area contributed by atoms with E-state index in [4.69, 9.17) is 0 Å². The zero-order valence-electron chi connectivity index (χ0n) is 14.2. The molecule has 0 radical (unpaired) electrons. The van der Waals surface area contributed by atoms with Crippen LogP contribution in [0.4, 0.5) is 8.78 Å². The molecule has 8 heteroatoms. The maximum Gasteiger partial charge on any atom is 0.387 e. The Balaban J connectivity index is 2.03. The first-order valence-electron chi connectivity index (χ1n) is 7.93. The highest BCUT2D eigenvalue weighted by atomic mass is 32.2. The summed E-state index contributed by atoms with van der Waals surface area (Å²) in [5.74, 6) is 0.725. The minimum atomic E-state index is -3.54. The molecule has 0 saturated carbocycles. The number of rotatable bonds is 6. The number of hydrogen-bond acceptors (Lipinski definition) is 3. The van der Waals surface area contributed by atoms with E-state index < -0.39 is 16.8 Å². The summed E-state index contributed by atoms with van der Waals surface area (Å²) in [6.07, 6.45) is 1.03. The molecule has 2 unspecified atom stereocenters. The van der Waals surface area contributed by atoms with E-state index in [1.807, 2.05) is 0 Å². The molecule has 136 valence electrons. The van der Waals surface area contributed by atoms with Gasteiger partial charge in [0.25, 0.3) is 10.2 Å². The van der Waals surface area contributed by atoms with E-state index in [0.717, 1.165) is 6.42 Å². The van der Waals surface area contributed by atoms with Crippen LogP contribution in [-0.2, 0) is 16.8 Å². The Morgan fingerprint density at radius 1 is 1.21 bits per heavy atom. The normalized spacial score (nSPS) is 23.0. The highest BCUT2D eigenvalue weighted by Crippen LogP contribution is 2.25. The van der Waals surface area contributed by atoms with E-state index in [-0.39, 0.29) is 12.3 Å². The highest BCUT2D eigenvalue weighted by molar-refractivity contribution is 7.86. The molecule has 2 rings (SSSR count). The quantitative estimate of drug-likeness (QED) is 0.782. The molecule has 0 N–H and O–H groups in total. The van der Waals surface area contributed by atoms with Crippen LogP contribution in [0, 0.1) is 11.8 Å². The maximum atomic E-state index is 12.7. The SMILES string of the molecule is CC1CC(C)CN(S(=O)(=O)N(C)Cc2ccc(OC(F)F)cc2)C1. The van der Waals surface area contributed by atoms with Crippen molar-refractivity contribution < 1.29 is 21.9 Å². The molecule has 0 aliphatic carbocycles. The Bertz CT molecular complexity index is 627. The molecule has 0 spiro atoms. The zero-order chi connectivity index (χ0) is 17.9. The largest absolute Gasteiger partial charge is 0.435 e. The second-order valence-electron chi connectivity index (χ2n) is 6.55. The third-order valence-electron chi connectivity index (χ3n) is 4.11. The lowest BCUT2D eigenvalue weighted by atomic mass is 9.94. The summed E-state index contributed by atoms with van der Waals surface area (Å²) in [7, 11) is -2.01. The minimum absolute atomic E-state index is 0.0536. The molecule has 0 bridgehead atoms. The van der Waals surface area contributed by atoms with Crippen molar-refractivity contribution in [3.8, 4) is 5.75 Å². The molecule has 24 heavy (non-hydrogen) atoms. The van der Waals surface area contributed by atoms with Crippen LogP contribution in [0.3, 0.4) is 0 Å². The summed E-state index contributed by atoms with van der Waals surface area (Å²) >= 11 is 0. The number of hydrogen-bond donors (Lipinski definition) is 0. The molecule has 1 fully saturated rings. The molecule has 1 heterocycles. The monoisotopic (exact) mass is 362 g/mol. The van der Waals surface area contributed by atoms with Gasteiger partial charge in [-0.3, -0.25) is 0 Å². The lowest BCUT2D eigenvalue weighted by Gasteiger charge is -2.36. The molecule has 1 aliphatic rings. The number of piperidine rings is 1. The van der Waals surface area contributed by atoms with Crippen molar-refractivity contribution in [3.63, 3.8) is 0 Å². The summed E-state index contributed by atoms with van der Waals surface area (Å²) in [6.45, 7) is 2.47. The van der Waals surface area contributed by atoms with Crippen LogP contribution in [0.1, 0.15) is 25.8 Å². The molecule has 1 saturated heterocycles. The summed E-state index contributed by atoms with van der Waals surface area (Å²) in [5, 5.41) is 0. The second-order valence-corrected chi connectivity index (χ2v) is 8.58. The Morgan fingerprint density at radius 2 is 1.75 bits per heavy atom. The highest BCUT2D eigenvalue weighted by Gasteiger charge is 2.33. The average molecular weight is 362 g/mol. The van der Waals surface area contributed by atoms with Gasteiger partial charge in [0, 0.05) is 26.7 Å². The van der Waals surface area contributed by atoms with E-state index in [2.05, 4.69) is 18.6 Å². The fourth-order valence-corrected chi connectivity index (χ4v) is 4.70. The maximum absolute atomic E-state index is 12.7. The third-order valence-corrected chi connectivity index (χ3v) is 5.98. The van der Waals surface area contributed by atoms with Gasteiger partial charge in [0.1, 0.15) is 5.75 Å². The van der Waals surface area contributed by atoms with Crippen molar-refractivity contribution in [2.24, 2.45) is 11.8 Å². The molecule has 0 amide bonds. The predicted octanol–water partition coefficient (Wildman–Crippen LogP) is 2.94. The fraction of sp³-hybridized carbons (Fsp3) is 0.625. The van der Waals surface area contributed by atoms with Crippen molar-refractivity contribution >= 4 is 10.2 Å². The average Bonchev–Trinajstić information content (AvgIpc) is 2.47. The first kappa shape index (κ1) is 19.1. The second kappa shape index (κ2) is 7.76. The van der Waals surface area contributed by atoms with Gasteiger partial charge in [0.05, 0.1) is 0 Å². The smallest absolute Gasteiger partial charge is 0.387 e. The van der Waals surface area contributed by atoms with E-state index in [1.54, 1.807) is 12.1 Å². The number of nitrogens with zero attached hydrogens (tertiary/aromatic N) is 2. The zero-order valence-corrected chi connectivity index (χ0v) is 15.0. The molecule has 2 atom stereocenters. The summed E-state index contributed by atoms with van der Waals surface area (Å²) < 4.78 is 56.8. The van der Waals surface area contributed by atoms with E-state index in [0.29, 0.717) is 30.5 Å². The van der Waals surface area contributed by atoms with Crippen LogP contribution >= 0.6 is 0 Å².